The number of nitrogens with one attached hydrogen (secondary N) is 1. The Kier molecular flexibility index (Phi) is 4.78. The molecule has 0 radical (unpaired) electrons. The van der Waals surface area contributed by atoms with Crippen molar-refractivity contribution in [1.29, 1.82) is 0 Å². The molecular formula is C16H24N2O4. The van der Waals surface area contributed by atoms with Crippen LogP contribution in [-0.2, 0) is 4.74 Å². The van der Waals surface area contributed by atoms with Gasteiger partial charge in [0, 0.05) is 18.4 Å². The lowest BCUT2D eigenvalue weighted by Gasteiger charge is -2.23. The summed E-state index contributed by atoms with van der Waals surface area (Å²) in [5.74, 6) is -1.05. The third-order valence-electron chi connectivity index (χ3n) is 3.71. The highest BCUT2D eigenvalue weighted by molar-refractivity contribution is 5.98. The van der Waals surface area contributed by atoms with Crippen molar-refractivity contribution >= 4 is 17.7 Å². The number of ether oxygens (including phenoxy) is 1. The van der Waals surface area contributed by atoms with Crippen LogP contribution in [0.25, 0.3) is 0 Å². The summed E-state index contributed by atoms with van der Waals surface area (Å²) in [5.41, 5.74) is -0.247. The Morgan fingerprint density at radius 2 is 1.86 bits per heavy atom. The molecule has 22 heavy (non-hydrogen) atoms. The SMILES string of the molecule is CC(C)(C)OC(=O)Nc1cn(C2CCCCC2)cc1C(=O)O. The van der Waals surface area contributed by atoms with Gasteiger partial charge in [0.1, 0.15) is 11.2 Å². The average molecular weight is 308 g/mol. The lowest BCUT2D eigenvalue weighted by Crippen LogP contribution is -2.27. The number of hydrogen-bond acceptors (Lipinski definition) is 3. The van der Waals surface area contributed by atoms with E-state index in [1.807, 2.05) is 4.57 Å². The van der Waals surface area contributed by atoms with E-state index < -0.39 is 17.7 Å². The molecule has 2 rings (SSSR count). The average Bonchev–Trinajstić information content (AvgIpc) is 2.81. The third-order valence-corrected chi connectivity index (χ3v) is 3.71. The highest BCUT2D eigenvalue weighted by atomic mass is 16.6. The predicted octanol–water partition coefficient (Wildman–Crippen LogP) is 4.04. The molecule has 0 atom stereocenters. The van der Waals surface area contributed by atoms with Gasteiger partial charge in [-0.25, -0.2) is 9.59 Å². The zero-order valence-corrected chi connectivity index (χ0v) is 13.4. The van der Waals surface area contributed by atoms with Crippen LogP contribution >= 0.6 is 0 Å². The number of carbonyl (C=O) groups is 2. The van der Waals surface area contributed by atoms with E-state index in [4.69, 9.17) is 4.74 Å². The number of carboxylic acids is 1. The molecule has 1 saturated carbocycles. The van der Waals surface area contributed by atoms with Gasteiger partial charge in [-0.1, -0.05) is 19.3 Å². The Morgan fingerprint density at radius 3 is 2.41 bits per heavy atom. The van der Waals surface area contributed by atoms with Crippen LogP contribution in [0.5, 0.6) is 0 Å². The fourth-order valence-corrected chi connectivity index (χ4v) is 2.75. The monoisotopic (exact) mass is 308 g/mol. The van der Waals surface area contributed by atoms with Crippen LogP contribution in [0.2, 0.25) is 0 Å². The zero-order valence-electron chi connectivity index (χ0n) is 13.4. The number of amides is 1. The van der Waals surface area contributed by atoms with Crippen LogP contribution in [0.1, 0.15) is 69.3 Å². The number of carboxylic acid groups (broad SMARTS) is 1. The number of nitrogens with zero attached hydrogens (tertiary/aromatic N) is 1. The van der Waals surface area contributed by atoms with Gasteiger partial charge in [0.15, 0.2) is 0 Å². The van der Waals surface area contributed by atoms with Crippen LogP contribution in [0, 0.1) is 0 Å². The minimum absolute atomic E-state index is 0.0939. The van der Waals surface area contributed by atoms with Gasteiger partial charge in [-0.3, -0.25) is 5.32 Å². The van der Waals surface area contributed by atoms with Crippen LogP contribution in [-0.4, -0.2) is 27.3 Å². The van der Waals surface area contributed by atoms with Crippen molar-refractivity contribution in [2.75, 3.05) is 5.32 Å². The summed E-state index contributed by atoms with van der Waals surface area (Å²) in [6, 6.07) is 0.307. The second kappa shape index (κ2) is 6.42. The molecule has 1 heterocycles. The summed E-state index contributed by atoms with van der Waals surface area (Å²) in [4.78, 5) is 23.2. The summed E-state index contributed by atoms with van der Waals surface area (Å²) in [7, 11) is 0. The van der Waals surface area contributed by atoms with E-state index in [0.717, 1.165) is 25.7 Å². The first-order valence-corrected chi connectivity index (χ1v) is 7.71. The normalized spacial score (nSPS) is 16.3. The second-order valence-electron chi connectivity index (χ2n) is 6.76. The van der Waals surface area contributed by atoms with Crippen molar-refractivity contribution in [1.82, 2.24) is 4.57 Å². The maximum atomic E-state index is 11.9. The van der Waals surface area contributed by atoms with E-state index in [0.29, 0.717) is 6.04 Å². The summed E-state index contributed by atoms with van der Waals surface area (Å²) in [6.07, 6.45) is 8.27. The molecule has 0 aromatic carbocycles. The maximum Gasteiger partial charge on any atom is 0.412 e. The van der Waals surface area contributed by atoms with Crippen molar-refractivity contribution in [2.24, 2.45) is 0 Å². The van der Waals surface area contributed by atoms with Gasteiger partial charge in [-0.05, 0) is 33.6 Å². The Labute approximate surface area is 130 Å². The van der Waals surface area contributed by atoms with E-state index >= 15 is 0 Å². The summed E-state index contributed by atoms with van der Waals surface area (Å²) < 4.78 is 7.09. The molecule has 6 heteroatoms. The molecule has 1 fully saturated rings. The Balaban J connectivity index is 2.16. The first-order valence-electron chi connectivity index (χ1n) is 7.71. The Hall–Kier alpha value is -1.98. The first-order chi connectivity index (χ1) is 10.3. The topological polar surface area (TPSA) is 80.6 Å². The van der Waals surface area contributed by atoms with E-state index in [-0.39, 0.29) is 11.3 Å². The number of aromatic nitrogens is 1. The number of hydrogen-bond donors (Lipinski definition) is 2. The van der Waals surface area contributed by atoms with Crippen LogP contribution in [0.3, 0.4) is 0 Å². The van der Waals surface area contributed by atoms with Gasteiger partial charge in [-0.15, -0.1) is 0 Å². The van der Waals surface area contributed by atoms with Crippen LogP contribution < -0.4 is 5.32 Å². The Morgan fingerprint density at radius 1 is 1.23 bits per heavy atom. The fraction of sp³-hybridized carbons (Fsp3) is 0.625. The van der Waals surface area contributed by atoms with Crippen molar-refractivity contribution in [3.63, 3.8) is 0 Å². The molecular weight excluding hydrogens is 284 g/mol. The zero-order chi connectivity index (χ0) is 16.3. The highest BCUT2D eigenvalue weighted by Gasteiger charge is 2.23. The molecule has 0 saturated heterocycles. The molecule has 1 aliphatic carbocycles. The second-order valence-corrected chi connectivity index (χ2v) is 6.76. The van der Waals surface area contributed by atoms with Gasteiger partial charge in [0.2, 0.25) is 0 Å². The first kappa shape index (κ1) is 16.4. The summed E-state index contributed by atoms with van der Waals surface area (Å²) in [6.45, 7) is 5.29. The largest absolute Gasteiger partial charge is 0.478 e. The molecule has 1 amide bonds. The van der Waals surface area contributed by atoms with E-state index in [9.17, 15) is 14.7 Å². The molecule has 0 unspecified atom stereocenters. The van der Waals surface area contributed by atoms with Crippen LogP contribution in [0.4, 0.5) is 10.5 Å². The number of anilines is 1. The van der Waals surface area contributed by atoms with Crippen molar-refractivity contribution in [2.45, 2.75) is 64.5 Å². The van der Waals surface area contributed by atoms with E-state index in [1.54, 1.807) is 33.2 Å². The van der Waals surface area contributed by atoms with Crippen LogP contribution in [0.15, 0.2) is 12.4 Å². The number of rotatable bonds is 3. The van der Waals surface area contributed by atoms with Crippen molar-refractivity contribution in [3.05, 3.63) is 18.0 Å². The molecule has 122 valence electrons. The third kappa shape index (κ3) is 4.26. The molecule has 1 aromatic rings. The minimum atomic E-state index is -1.05. The van der Waals surface area contributed by atoms with E-state index in [1.165, 1.54) is 6.42 Å². The maximum absolute atomic E-state index is 11.9. The smallest absolute Gasteiger partial charge is 0.412 e. The fourth-order valence-electron chi connectivity index (χ4n) is 2.75. The minimum Gasteiger partial charge on any atom is -0.478 e. The van der Waals surface area contributed by atoms with Gasteiger partial charge in [-0.2, -0.15) is 0 Å². The molecule has 0 aliphatic heterocycles. The molecule has 0 bridgehead atoms. The van der Waals surface area contributed by atoms with Gasteiger partial charge < -0.3 is 14.4 Å². The molecule has 1 aliphatic rings. The number of aromatic carboxylic acids is 1. The van der Waals surface area contributed by atoms with E-state index in [2.05, 4.69) is 5.32 Å². The number of carbonyl (C=O) groups excluding carboxylic acids is 1. The van der Waals surface area contributed by atoms with Gasteiger partial charge in [0.05, 0.1) is 5.69 Å². The van der Waals surface area contributed by atoms with Crippen molar-refractivity contribution in [3.8, 4) is 0 Å². The molecule has 6 nitrogen and oxygen atoms in total. The lowest BCUT2D eigenvalue weighted by molar-refractivity contribution is 0.0636. The van der Waals surface area contributed by atoms with Gasteiger partial charge in [0.25, 0.3) is 0 Å². The quantitative estimate of drug-likeness (QED) is 0.883. The molecule has 1 aromatic heterocycles. The standard InChI is InChI=1S/C16H24N2O4/c1-16(2,3)22-15(21)17-13-10-18(9-12(13)14(19)20)11-7-5-4-6-8-11/h9-11H,4-8H2,1-3H3,(H,17,21)(H,19,20). The predicted molar refractivity (Wildman–Crippen MR) is 83.4 cm³/mol. The molecule has 2 N–H and O–H groups in total. The lowest BCUT2D eigenvalue weighted by atomic mass is 9.95. The molecule has 0 spiro atoms. The summed E-state index contributed by atoms with van der Waals surface area (Å²) >= 11 is 0. The van der Waals surface area contributed by atoms with Crippen molar-refractivity contribution < 1.29 is 19.4 Å². The highest BCUT2D eigenvalue weighted by Crippen LogP contribution is 2.31. The van der Waals surface area contributed by atoms with Gasteiger partial charge >= 0.3 is 12.1 Å². The Bertz CT molecular complexity index is 551. The summed E-state index contributed by atoms with van der Waals surface area (Å²) in [5, 5.41) is 11.9.